The first-order valence-electron chi connectivity index (χ1n) is 9.48. The second-order valence-electron chi connectivity index (χ2n) is 7.92. The molecular weight excluding hydrogens is 316 g/mol. The number of hydrogen-bond donors (Lipinski definition) is 0. The van der Waals surface area contributed by atoms with Crippen molar-refractivity contribution in [2.75, 3.05) is 60.2 Å². The summed E-state index contributed by atoms with van der Waals surface area (Å²) in [6.07, 6.45) is 2.53. The fourth-order valence-corrected chi connectivity index (χ4v) is 4.73. The molecule has 142 valence electrons. The van der Waals surface area contributed by atoms with Crippen LogP contribution in [0.2, 0.25) is 0 Å². The average molecular weight is 351 g/mol. The molecule has 2 aliphatic rings. The summed E-state index contributed by atoms with van der Waals surface area (Å²) in [4.78, 5) is 5.16. The smallest absolute Gasteiger partial charge is 0.0597 e. The Hall–Kier alpha value is -0.950. The standard InChI is InChI=1S/C19H34N4O2/c1-16-11-18(21(2)20-16)13-22-7-5-19(6-8-22)15-23(9-10-24-3)12-17(19)14-25-4/h11,17H,5-10,12-15H2,1-4H3. The van der Waals surface area contributed by atoms with Gasteiger partial charge in [-0.3, -0.25) is 9.58 Å². The van der Waals surface area contributed by atoms with Crippen LogP contribution < -0.4 is 0 Å². The van der Waals surface area contributed by atoms with Gasteiger partial charge < -0.3 is 14.4 Å². The van der Waals surface area contributed by atoms with E-state index >= 15 is 0 Å². The third-order valence-electron chi connectivity index (χ3n) is 6.20. The average Bonchev–Trinajstić information content (AvgIpc) is 3.08. The van der Waals surface area contributed by atoms with Crippen LogP contribution in [-0.2, 0) is 23.1 Å². The van der Waals surface area contributed by atoms with E-state index in [-0.39, 0.29) is 0 Å². The van der Waals surface area contributed by atoms with Crippen LogP contribution >= 0.6 is 0 Å². The van der Waals surface area contributed by atoms with Gasteiger partial charge in [-0.2, -0.15) is 5.10 Å². The molecular formula is C19H34N4O2. The van der Waals surface area contributed by atoms with Gasteiger partial charge in [0.15, 0.2) is 0 Å². The Bertz CT molecular complexity index is 552. The van der Waals surface area contributed by atoms with E-state index < -0.39 is 0 Å². The monoisotopic (exact) mass is 350 g/mol. The molecule has 2 saturated heterocycles. The largest absolute Gasteiger partial charge is 0.384 e. The maximum atomic E-state index is 5.56. The minimum Gasteiger partial charge on any atom is -0.384 e. The molecule has 0 aliphatic carbocycles. The zero-order chi connectivity index (χ0) is 17.9. The van der Waals surface area contributed by atoms with Gasteiger partial charge in [-0.25, -0.2) is 0 Å². The second-order valence-corrected chi connectivity index (χ2v) is 7.92. The Morgan fingerprint density at radius 3 is 2.56 bits per heavy atom. The molecule has 0 N–H and O–H groups in total. The molecule has 1 aromatic rings. The first kappa shape index (κ1) is 18.8. The van der Waals surface area contributed by atoms with Gasteiger partial charge in [-0.1, -0.05) is 0 Å². The van der Waals surface area contributed by atoms with Crippen molar-refractivity contribution >= 4 is 0 Å². The first-order valence-corrected chi connectivity index (χ1v) is 9.48. The zero-order valence-electron chi connectivity index (χ0n) is 16.3. The molecule has 6 heteroatoms. The summed E-state index contributed by atoms with van der Waals surface area (Å²) in [5.41, 5.74) is 2.84. The van der Waals surface area contributed by atoms with E-state index in [1.165, 1.54) is 38.2 Å². The third-order valence-corrected chi connectivity index (χ3v) is 6.20. The molecule has 0 radical (unpaired) electrons. The number of aromatic nitrogens is 2. The lowest BCUT2D eigenvalue weighted by Gasteiger charge is -2.42. The summed E-state index contributed by atoms with van der Waals surface area (Å²) in [6, 6.07) is 2.21. The number of likely N-dealkylation sites (tertiary alicyclic amines) is 2. The van der Waals surface area contributed by atoms with Crippen molar-refractivity contribution in [3.05, 3.63) is 17.5 Å². The maximum Gasteiger partial charge on any atom is 0.0597 e. The van der Waals surface area contributed by atoms with Crippen molar-refractivity contribution in [3.8, 4) is 0 Å². The van der Waals surface area contributed by atoms with Gasteiger partial charge in [0.2, 0.25) is 0 Å². The van der Waals surface area contributed by atoms with Gasteiger partial charge in [0.05, 0.1) is 24.6 Å². The van der Waals surface area contributed by atoms with Crippen LogP contribution in [0, 0.1) is 18.3 Å². The molecule has 2 aliphatic heterocycles. The van der Waals surface area contributed by atoms with Crippen LogP contribution in [0.4, 0.5) is 0 Å². The number of rotatable bonds is 7. The van der Waals surface area contributed by atoms with Crippen LogP contribution in [0.15, 0.2) is 6.07 Å². The van der Waals surface area contributed by atoms with Gasteiger partial charge in [0.25, 0.3) is 0 Å². The number of hydrogen-bond acceptors (Lipinski definition) is 5. The molecule has 6 nitrogen and oxygen atoms in total. The predicted molar refractivity (Wildman–Crippen MR) is 98.6 cm³/mol. The summed E-state index contributed by atoms with van der Waals surface area (Å²) >= 11 is 0. The number of ether oxygens (including phenoxy) is 2. The number of nitrogens with zero attached hydrogens (tertiary/aromatic N) is 4. The van der Waals surface area contributed by atoms with Crippen molar-refractivity contribution in [1.82, 2.24) is 19.6 Å². The summed E-state index contributed by atoms with van der Waals surface area (Å²) < 4.78 is 12.9. The van der Waals surface area contributed by atoms with E-state index in [1.807, 2.05) is 18.8 Å². The number of methoxy groups -OCH3 is 2. The quantitative estimate of drug-likeness (QED) is 0.746. The van der Waals surface area contributed by atoms with Gasteiger partial charge in [0, 0.05) is 53.4 Å². The number of piperidine rings is 1. The van der Waals surface area contributed by atoms with E-state index in [4.69, 9.17) is 9.47 Å². The highest BCUT2D eigenvalue weighted by Gasteiger charge is 2.47. The molecule has 1 unspecified atom stereocenters. The first-order chi connectivity index (χ1) is 12.1. The lowest BCUT2D eigenvalue weighted by Crippen LogP contribution is -2.45. The molecule has 2 fully saturated rings. The lowest BCUT2D eigenvalue weighted by atomic mass is 9.71. The summed E-state index contributed by atoms with van der Waals surface area (Å²) in [6.45, 7) is 10.5. The summed E-state index contributed by atoms with van der Waals surface area (Å²) in [5.74, 6) is 0.649. The molecule has 1 aromatic heterocycles. The molecule has 3 heterocycles. The zero-order valence-corrected chi connectivity index (χ0v) is 16.3. The minimum atomic E-state index is 0.419. The van der Waals surface area contributed by atoms with Crippen molar-refractivity contribution in [3.63, 3.8) is 0 Å². The highest BCUT2D eigenvalue weighted by Crippen LogP contribution is 2.44. The van der Waals surface area contributed by atoms with E-state index in [0.717, 1.165) is 38.5 Å². The molecule has 0 aromatic carbocycles. The van der Waals surface area contributed by atoms with Crippen LogP contribution in [0.1, 0.15) is 24.2 Å². The molecule has 0 bridgehead atoms. The van der Waals surface area contributed by atoms with Gasteiger partial charge in [-0.15, -0.1) is 0 Å². The Morgan fingerprint density at radius 2 is 1.96 bits per heavy atom. The molecule has 3 rings (SSSR count). The molecule has 1 atom stereocenters. The van der Waals surface area contributed by atoms with Crippen molar-refractivity contribution in [2.24, 2.45) is 18.4 Å². The van der Waals surface area contributed by atoms with Crippen molar-refractivity contribution in [1.29, 1.82) is 0 Å². The molecule has 1 spiro atoms. The lowest BCUT2D eigenvalue weighted by molar-refractivity contribution is 0.0341. The van der Waals surface area contributed by atoms with Crippen LogP contribution in [-0.4, -0.2) is 79.7 Å². The van der Waals surface area contributed by atoms with Crippen molar-refractivity contribution in [2.45, 2.75) is 26.3 Å². The fourth-order valence-electron chi connectivity index (χ4n) is 4.73. The maximum absolute atomic E-state index is 5.56. The molecule has 25 heavy (non-hydrogen) atoms. The van der Waals surface area contributed by atoms with E-state index in [1.54, 1.807) is 7.11 Å². The van der Waals surface area contributed by atoms with Crippen molar-refractivity contribution < 1.29 is 9.47 Å². The second kappa shape index (κ2) is 8.16. The minimum absolute atomic E-state index is 0.419. The third kappa shape index (κ3) is 4.25. The van der Waals surface area contributed by atoms with Gasteiger partial charge in [-0.05, 0) is 44.3 Å². The molecule has 0 amide bonds. The Morgan fingerprint density at radius 1 is 1.20 bits per heavy atom. The Kier molecular flexibility index (Phi) is 6.15. The SMILES string of the molecule is COCCN1CC(COC)C2(CCN(Cc3cc(C)nn3C)CC2)C1. The normalized spacial score (nSPS) is 24.4. The summed E-state index contributed by atoms with van der Waals surface area (Å²) in [7, 11) is 5.68. The highest BCUT2D eigenvalue weighted by molar-refractivity contribution is 5.09. The topological polar surface area (TPSA) is 42.8 Å². The molecule has 0 saturated carbocycles. The Labute approximate surface area is 152 Å². The number of aryl methyl sites for hydroxylation is 2. The predicted octanol–water partition coefficient (Wildman–Crippen LogP) is 1.54. The van der Waals surface area contributed by atoms with Crippen LogP contribution in [0.25, 0.3) is 0 Å². The van der Waals surface area contributed by atoms with Crippen LogP contribution in [0.3, 0.4) is 0 Å². The van der Waals surface area contributed by atoms with Crippen LogP contribution in [0.5, 0.6) is 0 Å². The highest BCUT2D eigenvalue weighted by atomic mass is 16.5. The Balaban J connectivity index is 1.59. The van der Waals surface area contributed by atoms with E-state index in [9.17, 15) is 0 Å². The van der Waals surface area contributed by atoms with Gasteiger partial charge >= 0.3 is 0 Å². The summed E-state index contributed by atoms with van der Waals surface area (Å²) in [5, 5.41) is 4.48. The van der Waals surface area contributed by atoms with E-state index in [2.05, 4.69) is 27.9 Å². The van der Waals surface area contributed by atoms with E-state index in [0.29, 0.717) is 11.3 Å². The fraction of sp³-hybridized carbons (Fsp3) is 0.842. The van der Waals surface area contributed by atoms with Gasteiger partial charge in [0.1, 0.15) is 0 Å².